The number of nitrogens with two attached hydrogens (primary N) is 1. The van der Waals surface area contributed by atoms with Crippen molar-refractivity contribution >= 4 is 11.7 Å². The maximum Gasteiger partial charge on any atom is 0.337 e. The van der Waals surface area contributed by atoms with Crippen LogP contribution < -0.4 is 5.73 Å². The first kappa shape index (κ1) is 12.2. The van der Waals surface area contributed by atoms with Crippen LogP contribution in [0.5, 0.6) is 0 Å². The number of anilines is 1. The summed E-state index contributed by atoms with van der Waals surface area (Å²) in [5, 5.41) is 9.25. The quantitative estimate of drug-likeness (QED) is 0.815. The second kappa shape index (κ2) is 4.56. The molecule has 0 aliphatic carbocycles. The SMILES string of the molecule is CC(C)n1cc(C(=O)O)c(-c2cccc(N)c2)c1. The normalized spacial score (nSPS) is 10.8. The number of rotatable bonds is 3. The fraction of sp³-hybridized carbons (Fsp3) is 0.214. The average molecular weight is 244 g/mol. The molecule has 0 aliphatic heterocycles. The fourth-order valence-electron chi connectivity index (χ4n) is 1.88. The molecule has 0 radical (unpaired) electrons. The summed E-state index contributed by atoms with van der Waals surface area (Å²) in [6.07, 6.45) is 3.51. The number of carboxylic acids is 1. The van der Waals surface area contributed by atoms with Crippen molar-refractivity contribution < 1.29 is 9.90 Å². The molecule has 0 fully saturated rings. The van der Waals surface area contributed by atoms with Crippen LogP contribution in [0.2, 0.25) is 0 Å². The van der Waals surface area contributed by atoms with Gasteiger partial charge < -0.3 is 15.4 Å². The van der Waals surface area contributed by atoms with Gasteiger partial charge in [0.2, 0.25) is 0 Å². The molecule has 1 heterocycles. The Balaban J connectivity index is 2.58. The molecule has 0 saturated carbocycles. The van der Waals surface area contributed by atoms with Crippen LogP contribution in [0.3, 0.4) is 0 Å². The van der Waals surface area contributed by atoms with E-state index in [0.717, 1.165) is 5.56 Å². The summed E-state index contributed by atoms with van der Waals surface area (Å²) >= 11 is 0. The van der Waals surface area contributed by atoms with E-state index in [-0.39, 0.29) is 6.04 Å². The third-order valence-electron chi connectivity index (χ3n) is 2.87. The maximum atomic E-state index is 11.3. The second-order valence-corrected chi connectivity index (χ2v) is 4.56. The molecule has 18 heavy (non-hydrogen) atoms. The maximum absolute atomic E-state index is 11.3. The van der Waals surface area contributed by atoms with E-state index in [9.17, 15) is 9.90 Å². The highest BCUT2D eigenvalue weighted by Gasteiger charge is 2.16. The predicted molar refractivity (Wildman–Crippen MR) is 71.6 cm³/mol. The van der Waals surface area contributed by atoms with Gasteiger partial charge >= 0.3 is 5.97 Å². The van der Waals surface area contributed by atoms with Crippen LogP contribution in [0.15, 0.2) is 36.7 Å². The lowest BCUT2D eigenvalue weighted by molar-refractivity contribution is 0.0697. The van der Waals surface area contributed by atoms with Crippen molar-refractivity contribution in [2.24, 2.45) is 0 Å². The molecular formula is C14H16N2O2. The highest BCUT2D eigenvalue weighted by atomic mass is 16.4. The number of nitrogen functional groups attached to an aromatic ring is 1. The van der Waals surface area contributed by atoms with E-state index < -0.39 is 5.97 Å². The van der Waals surface area contributed by atoms with Crippen LogP contribution in [0.4, 0.5) is 5.69 Å². The van der Waals surface area contributed by atoms with Gasteiger partial charge in [0.05, 0.1) is 5.56 Å². The first-order chi connectivity index (χ1) is 8.49. The van der Waals surface area contributed by atoms with Gasteiger partial charge in [-0.05, 0) is 31.5 Å². The molecule has 1 aromatic heterocycles. The Hall–Kier alpha value is -2.23. The molecule has 0 aliphatic rings. The van der Waals surface area contributed by atoms with E-state index in [0.29, 0.717) is 16.8 Å². The Bertz CT molecular complexity index is 585. The minimum absolute atomic E-state index is 0.220. The van der Waals surface area contributed by atoms with Crippen molar-refractivity contribution in [1.82, 2.24) is 4.57 Å². The molecular weight excluding hydrogens is 228 g/mol. The standard InChI is InChI=1S/C14H16N2O2/c1-9(2)16-7-12(13(8-16)14(17)18)10-4-3-5-11(15)6-10/h3-9H,15H2,1-2H3,(H,17,18). The van der Waals surface area contributed by atoms with E-state index in [1.54, 1.807) is 18.3 Å². The Morgan fingerprint density at radius 1 is 1.33 bits per heavy atom. The molecule has 2 aromatic rings. The van der Waals surface area contributed by atoms with Crippen molar-refractivity contribution in [1.29, 1.82) is 0 Å². The molecule has 1 aromatic carbocycles. The molecule has 0 bridgehead atoms. The first-order valence-corrected chi connectivity index (χ1v) is 5.79. The van der Waals surface area contributed by atoms with Crippen LogP contribution in [0.1, 0.15) is 30.2 Å². The van der Waals surface area contributed by atoms with Gasteiger partial charge in [-0.25, -0.2) is 4.79 Å². The predicted octanol–water partition coefficient (Wildman–Crippen LogP) is 3.02. The lowest BCUT2D eigenvalue weighted by atomic mass is 10.0. The summed E-state index contributed by atoms with van der Waals surface area (Å²) in [6.45, 7) is 4.02. The van der Waals surface area contributed by atoms with E-state index in [1.807, 2.05) is 36.7 Å². The molecule has 0 saturated heterocycles. The van der Waals surface area contributed by atoms with Gasteiger partial charge in [0, 0.05) is 29.7 Å². The lowest BCUT2D eigenvalue weighted by Crippen LogP contribution is -1.98. The Kier molecular flexibility index (Phi) is 3.10. The molecule has 0 unspecified atom stereocenters. The van der Waals surface area contributed by atoms with Crippen LogP contribution in [0, 0.1) is 0 Å². The minimum Gasteiger partial charge on any atom is -0.478 e. The molecule has 0 spiro atoms. The molecule has 94 valence electrons. The summed E-state index contributed by atoms with van der Waals surface area (Å²) in [7, 11) is 0. The number of carbonyl (C=O) groups is 1. The third kappa shape index (κ3) is 2.22. The number of benzene rings is 1. The lowest BCUT2D eigenvalue weighted by Gasteiger charge is -2.05. The van der Waals surface area contributed by atoms with E-state index in [2.05, 4.69) is 0 Å². The number of aromatic nitrogens is 1. The number of hydrogen-bond donors (Lipinski definition) is 2. The van der Waals surface area contributed by atoms with Gasteiger partial charge in [-0.3, -0.25) is 0 Å². The molecule has 2 rings (SSSR count). The molecule has 4 heteroatoms. The highest BCUT2D eigenvalue weighted by Crippen LogP contribution is 2.27. The summed E-state index contributed by atoms with van der Waals surface area (Å²) in [4.78, 5) is 11.3. The van der Waals surface area contributed by atoms with Gasteiger partial charge in [-0.1, -0.05) is 12.1 Å². The van der Waals surface area contributed by atoms with Crippen LogP contribution >= 0.6 is 0 Å². The zero-order chi connectivity index (χ0) is 13.3. The third-order valence-corrected chi connectivity index (χ3v) is 2.87. The molecule has 4 nitrogen and oxygen atoms in total. The topological polar surface area (TPSA) is 68.2 Å². The summed E-state index contributed by atoms with van der Waals surface area (Å²) in [5.41, 5.74) is 8.18. The van der Waals surface area contributed by atoms with E-state index in [4.69, 9.17) is 5.73 Å². The smallest absolute Gasteiger partial charge is 0.337 e. The number of carboxylic acid groups (broad SMARTS) is 1. The van der Waals surface area contributed by atoms with Crippen LogP contribution in [-0.4, -0.2) is 15.6 Å². The Labute approximate surface area is 106 Å². The van der Waals surface area contributed by atoms with Crippen molar-refractivity contribution in [3.63, 3.8) is 0 Å². The summed E-state index contributed by atoms with van der Waals surface area (Å²) in [5.74, 6) is -0.924. The van der Waals surface area contributed by atoms with Crippen molar-refractivity contribution in [2.45, 2.75) is 19.9 Å². The van der Waals surface area contributed by atoms with E-state index >= 15 is 0 Å². The van der Waals surface area contributed by atoms with Gasteiger partial charge in [0.25, 0.3) is 0 Å². The molecule has 3 N–H and O–H groups in total. The largest absolute Gasteiger partial charge is 0.478 e. The van der Waals surface area contributed by atoms with Gasteiger partial charge in [0.15, 0.2) is 0 Å². The Morgan fingerprint density at radius 3 is 2.61 bits per heavy atom. The summed E-state index contributed by atoms with van der Waals surface area (Å²) in [6, 6.07) is 7.47. The van der Waals surface area contributed by atoms with E-state index in [1.165, 1.54) is 0 Å². The molecule has 0 amide bonds. The highest BCUT2D eigenvalue weighted by molar-refractivity contribution is 5.96. The average Bonchev–Trinajstić information content (AvgIpc) is 2.73. The van der Waals surface area contributed by atoms with Gasteiger partial charge in [-0.2, -0.15) is 0 Å². The zero-order valence-electron chi connectivity index (χ0n) is 10.4. The zero-order valence-corrected chi connectivity index (χ0v) is 10.4. The van der Waals surface area contributed by atoms with Gasteiger partial charge in [0.1, 0.15) is 0 Å². The van der Waals surface area contributed by atoms with Crippen LogP contribution in [-0.2, 0) is 0 Å². The van der Waals surface area contributed by atoms with Crippen molar-refractivity contribution in [3.05, 3.63) is 42.2 Å². The monoisotopic (exact) mass is 244 g/mol. The first-order valence-electron chi connectivity index (χ1n) is 5.79. The number of hydrogen-bond acceptors (Lipinski definition) is 2. The summed E-state index contributed by atoms with van der Waals surface area (Å²) < 4.78 is 1.89. The van der Waals surface area contributed by atoms with Crippen molar-refractivity contribution in [3.8, 4) is 11.1 Å². The van der Waals surface area contributed by atoms with Crippen LogP contribution in [0.25, 0.3) is 11.1 Å². The van der Waals surface area contributed by atoms with Crippen molar-refractivity contribution in [2.75, 3.05) is 5.73 Å². The minimum atomic E-state index is -0.924. The van der Waals surface area contributed by atoms with Gasteiger partial charge in [-0.15, -0.1) is 0 Å². The molecule has 0 atom stereocenters. The fourth-order valence-corrected chi connectivity index (χ4v) is 1.88. The Morgan fingerprint density at radius 2 is 2.06 bits per heavy atom. The number of aromatic carboxylic acids is 1. The second-order valence-electron chi connectivity index (χ2n) is 4.56. The number of nitrogens with zero attached hydrogens (tertiary/aromatic N) is 1.